The molecule has 27 heavy (non-hydrogen) atoms. The van der Waals surface area contributed by atoms with Crippen LogP contribution in [0.25, 0.3) is 0 Å². The van der Waals surface area contributed by atoms with E-state index in [9.17, 15) is 13.2 Å². The number of quaternary nitrogens is 1. The second-order valence-electron chi connectivity index (χ2n) is 6.70. The zero-order valence-electron chi connectivity index (χ0n) is 15.5. The number of amides is 1. The summed E-state index contributed by atoms with van der Waals surface area (Å²) in [6.07, 6.45) is 0.860. The first-order valence-electron chi connectivity index (χ1n) is 9.27. The summed E-state index contributed by atoms with van der Waals surface area (Å²) in [6, 6.07) is 16.3. The topological polar surface area (TPSA) is 70.9 Å². The molecule has 1 aliphatic heterocycles. The first-order chi connectivity index (χ1) is 13.0. The quantitative estimate of drug-likeness (QED) is 0.768. The van der Waals surface area contributed by atoms with Gasteiger partial charge in [-0.15, -0.1) is 0 Å². The van der Waals surface area contributed by atoms with Gasteiger partial charge in [-0.2, -0.15) is 4.31 Å². The van der Waals surface area contributed by atoms with E-state index in [0.717, 1.165) is 22.6 Å². The lowest BCUT2D eigenvalue weighted by molar-refractivity contribution is -0.895. The molecule has 0 atom stereocenters. The molecule has 0 aromatic heterocycles. The smallest absolute Gasteiger partial charge is 0.279 e. The van der Waals surface area contributed by atoms with Crippen LogP contribution in [0.15, 0.2) is 59.5 Å². The van der Waals surface area contributed by atoms with Gasteiger partial charge in [0.2, 0.25) is 10.0 Å². The second-order valence-corrected chi connectivity index (χ2v) is 8.64. The summed E-state index contributed by atoms with van der Waals surface area (Å²) in [5, 5.41) is 2.98. The fraction of sp³-hybridized carbons (Fsp3) is 0.350. The first-order valence-corrected chi connectivity index (χ1v) is 10.7. The molecule has 0 unspecified atom stereocenters. The minimum Gasteiger partial charge on any atom is -0.325 e. The fourth-order valence-electron chi connectivity index (χ4n) is 3.33. The lowest BCUT2D eigenvalue weighted by atomic mass is 10.1. The molecule has 2 aromatic rings. The maximum Gasteiger partial charge on any atom is 0.279 e. The standard InChI is InChI=1S/C20H25N3O3S/c1-2-17-8-6-7-11-19(17)21-20(24)16-22-12-14-23(15-13-22)27(25,26)18-9-4-3-5-10-18/h3-11H,2,12-16H2,1H3,(H,21,24)/p+1. The average Bonchev–Trinajstić information content (AvgIpc) is 2.69. The van der Waals surface area contributed by atoms with E-state index in [2.05, 4.69) is 12.2 Å². The molecule has 1 fully saturated rings. The van der Waals surface area contributed by atoms with Crippen LogP contribution in [0.1, 0.15) is 12.5 Å². The van der Waals surface area contributed by atoms with Crippen molar-refractivity contribution in [2.24, 2.45) is 0 Å². The number of piperazine rings is 1. The molecule has 1 aliphatic rings. The number of nitrogens with one attached hydrogen (secondary N) is 2. The van der Waals surface area contributed by atoms with E-state index in [4.69, 9.17) is 0 Å². The Labute approximate surface area is 160 Å². The Balaban J connectivity index is 1.54. The van der Waals surface area contributed by atoms with Crippen LogP contribution in [0, 0.1) is 0 Å². The Kier molecular flexibility index (Phi) is 6.26. The van der Waals surface area contributed by atoms with Gasteiger partial charge in [0.1, 0.15) is 0 Å². The van der Waals surface area contributed by atoms with Crippen LogP contribution < -0.4 is 10.2 Å². The zero-order valence-corrected chi connectivity index (χ0v) is 16.3. The number of rotatable bonds is 6. The van der Waals surface area contributed by atoms with Crippen LogP contribution >= 0.6 is 0 Å². The predicted molar refractivity (Wildman–Crippen MR) is 105 cm³/mol. The van der Waals surface area contributed by atoms with Gasteiger partial charge in [-0.05, 0) is 30.2 Å². The number of carbonyl (C=O) groups is 1. The molecule has 144 valence electrons. The van der Waals surface area contributed by atoms with Gasteiger partial charge in [0.15, 0.2) is 6.54 Å². The number of anilines is 1. The number of carbonyl (C=O) groups excluding carboxylic acids is 1. The van der Waals surface area contributed by atoms with Crippen molar-refractivity contribution in [2.75, 3.05) is 38.0 Å². The monoisotopic (exact) mass is 388 g/mol. The molecule has 0 saturated carbocycles. The van der Waals surface area contributed by atoms with Crippen molar-refractivity contribution in [2.45, 2.75) is 18.2 Å². The third-order valence-corrected chi connectivity index (χ3v) is 6.81. The van der Waals surface area contributed by atoms with Crippen molar-refractivity contribution in [1.82, 2.24) is 4.31 Å². The molecule has 0 aliphatic carbocycles. The van der Waals surface area contributed by atoms with Gasteiger partial charge < -0.3 is 10.2 Å². The third kappa shape index (κ3) is 4.74. The van der Waals surface area contributed by atoms with E-state index >= 15 is 0 Å². The molecular formula is C20H26N3O3S+. The van der Waals surface area contributed by atoms with Gasteiger partial charge in [-0.1, -0.05) is 43.3 Å². The van der Waals surface area contributed by atoms with Crippen LogP contribution in [0.2, 0.25) is 0 Å². The van der Waals surface area contributed by atoms with Crippen LogP contribution in [-0.4, -0.2) is 51.4 Å². The van der Waals surface area contributed by atoms with E-state index in [1.807, 2.05) is 24.3 Å². The highest BCUT2D eigenvalue weighted by Gasteiger charge is 2.31. The Morgan fingerprint density at radius 1 is 1.04 bits per heavy atom. The summed E-state index contributed by atoms with van der Waals surface area (Å²) in [5.74, 6) is -0.0368. The predicted octanol–water partition coefficient (Wildman–Crippen LogP) is 0.777. The van der Waals surface area contributed by atoms with Gasteiger partial charge in [0.05, 0.1) is 31.1 Å². The van der Waals surface area contributed by atoms with Gasteiger partial charge in [-0.25, -0.2) is 8.42 Å². The number of hydrogen-bond acceptors (Lipinski definition) is 3. The number of nitrogens with zero attached hydrogens (tertiary/aromatic N) is 1. The molecule has 0 bridgehead atoms. The van der Waals surface area contributed by atoms with Crippen molar-refractivity contribution in [3.05, 3.63) is 60.2 Å². The van der Waals surface area contributed by atoms with Crippen molar-refractivity contribution in [3.63, 3.8) is 0 Å². The SMILES string of the molecule is CCc1ccccc1NC(=O)C[NH+]1CCN(S(=O)(=O)c2ccccc2)CC1. The van der Waals surface area contributed by atoms with Crippen molar-refractivity contribution < 1.29 is 18.1 Å². The van der Waals surface area contributed by atoms with Crippen LogP contribution in [-0.2, 0) is 21.2 Å². The second kappa shape index (κ2) is 8.65. The number of benzene rings is 2. The lowest BCUT2D eigenvalue weighted by Gasteiger charge is -2.31. The van der Waals surface area contributed by atoms with Crippen LogP contribution in [0.3, 0.4) is 0 Å². The van der Waals surface area contributed by atoms with E-state index in [-0.39, 0.29) is 5.91 Å². The van der Waals surface area contributed by atoms with E-state index < -0.39 is 10.0 Å². The molecule has 6 nitrogen and oxygen atoms in total. The van der Waals surface area contributed by atoms with Gasteiger partial charge >= 0.3 is 0 Å². The van der Waals surface area contributed by atoms with Gasteiger partial charge in [0, 0.05) is 5.69 Å². The number of aryl methyl sites for hydroxylation is 1. The summed E-state index contributed by atoms with van der Waals surface area (Å²) >= 11 is 0. The van der Waals surface area contributed by atoms with Crippen molar-refractivity contribution >= 4 is 21.6 Å². The summed E-state index contributed by atoms with van der Waals surface area (Å²) in [5.41, 5.74) is 1.97. The van der Waals surface area contributed by atoms with Crippen LogP contribution in [0.5, 0.6) is 0 Å². The summed E-state index contributed by atoms with van der Waals surface area (Å²) in [7, 11) is -3.45. The van der Waals surface area contributed by atoms with Crippen molar-refractivity contribution in [1.29, 1.82) is 0 Å². The maximum absolute atomic E-state index is 12.7. The molecular weight excluding hydrogens is 362 g/mol. The molecule has 0 radical (unpaired) electrons. The molecule has 1 saturated heterocycles. The lowest BCUT2D eigenvalue weighted by Crippen LogP contribution is -3.15. The summed E-state index contributed by atoms with van der Waals surface area (Å²) < 4.78 is 26.8. The minimum atomic E-state index is -3.45. The van der Waals surface area contributed by atoms with E-state index in [1.165, 1.54) is 4.31 Å². The van der Waals surface area contributed by atoms with Gasteiger partial charge in [0.25, 0.3) is 5.91 Å². The number of para-hydroxylation sites is 1. The molecule has 0 spiro atoms. The third-order valence-electron chi connectivity index (χ3n) is 4.89. The number of sulfonamides is 1. The summed E-state index contributed by atoms with van der Waals surface area (Å²) in [6.45, 7) is 4.49. The molecule has 1 amide bonds. The summed E-state index contributed by atoms with van der Waals surface area (Å²) in [4.78, 5) is 13.8. The molecule has 7 heteroatoms. The molecule has 1 heterocycles. The van der Waals surface area contributed by atoms with Gasteiger partial charge in [-0.3, -0.25) is 4.79 Å². The Hall–Kier alpha value is -2.22. The molecule has 2 aromatic carbocycles. The molecule has 2 N–H and O–H groups in total. The highest BCUT2D eigenvalue weighted by atomic mass is 32.2. The number of hydrogen-bond donors (Lipinski definition) is 2. The Morgan fingerprint density at radius 3 is 2.33 bits per heavy atom. The average molecular weight is 389 g/mol. The normalized spacial score (nSPS) is 16.2. The highest BCUT2D eigenvalue weighted by Crippen LogP contribution is 2.16. The van der Waals surface area contributed by atoms with E-state index in [0.29, 0.717) is 37.6 Å². The zero-order chi connectivity index (χ0) is 19.3. The Morgan fingerprint density at radius 2 is 1.67 bits per heavy atom. The largest absolute Gasteiger partial charge is 0.325 e. The fourth-order valence-corrected chi connectivity index (χ4v) is 4.80. The van der Waals surface area contributed by atoms with Crippen LogP contribution in [0.4, 0.5) is 5.69 Å². The Bertz CT molecular complexity index is 876. The highest BCUT2D eigenvalue weighted by molar-refractivity contribution is 7.89. The van der Waals surface area contributed by atoms with E-state index in [1.54, 1.807) is 30.3 Å². The first kappa shape index (κ1) is 19.5. The maximum atomic E-state index is 12.7. The minimum absolute atomic E-state index is 0.0368. The molecule has 3 rings (SSSR count). The van der Waals surface area contributed by atoms with Crippen molar-refractivity contribution in [3.8, 4) is 0 Å².